The van der Waals surface area contributed by atoms with Gasteiger partial charge in [0.25, 0.3) is 0 Å². The smallest absolute Gasteiger partial charge is 0.174 e. The van der Waals surface area contributed by atoms with Gasteiger partial charge in [-0.25, -0.2) is 4.39 Å². The summed E-state index contributed by atoms with van der Waals surface area (Å²) in [5.41, 5.74) is 1.48. The van der Waals surface area contributed by atoms with E-state index in [0.717, 1.165) is 33.4 Å². The molecule has 2 nitrogen and oxygen atoms in total. The third kappa shape index (κ3) is 2.70. The van der Waals surface area contributed by atoms with Gasteiger partial charge in [-0.3, -0.25) is 0 Å². The molecule has 0 spiro atoms. The summed E-state index contributed by atoms with van der Waals surface area (Å²) in [6, 6.07) is 6.75. The summed E-state index contributed by atoms with van der Waals surface area (Å²) in [6.45, 7) is 0. The average Bonchev–Trinajstić information content (AvgIpc) is 3.03. The minimum Gasteiger partial charge on any atom is -0.207 e. The monoisotopic (exact) mass is 360 g/mol. The first-order chi connectivity index (χ1) is 11.7. The fraction of sp³-hybridized carbons (Fsp3) is 0.579. The van der Waals surface area contributed by atoms with Crippen LogP contribution in [-0.2, 0) is 11.2 Å². The van der Waals surface area contributed by atoms with Crippen molar-refractivity contribution in [1.29, 1.82) is 0 Å². The van der Waals surface area contributed by atoms with Crippen molar-refractivity contribution >= 4 is 23.1 Å². The van der Waals surface area contributed by atoms with Crippen LogP contribution in [-0.4, -0.2) is 10.2 Å². The van der Waals surface area contributed by atoms with Crippen molar-refractivity contribution in [2.45, 2.75) is 54.0 Å². The molecule has 0 amide bonds. The lowest BCUT2D eigenvalue weighted by atomic mass is 9.50. The van der Waals surface area contributed by atoms with E-state index in [1.54, 1.807) is 11.8 Å². The molecular formula is C19H21FN2S2. The first-order valence-corrected chi connectivity index (χ1v) is 10.7. The summed E-state index contributed by atoms with van der Waals surface area (Å²) < 4.78 is 14.0. The first-order valence-electron chi connectivity index (χ1n) is 8.90. The largest absolute Gasteiger partial charge is 0.207 e. The number of halogens is 1. The molecule has 1 aromatic heterocycles. The van der Waals surface area contributed by atoms with E-state index in [2.05, 4.69) is 10.2 Å². The molecule has 4 saturated carbocycles. The normalized spacial score (nSPS) is 34.0. The van der Waals surface area contributed by atoms with Gasteiger partial charge < -0.3 is 0 Å². The Balaban J connectivity index is 1.31. The van der Waals surface area contributed by atoms with E-state index in [1.807, 2.05) is 23.5 Å². The summed E-state index contributed by atoms with van der Waals surface area (Å²) in [7, 11) is 0. The van der Waals surface area contributed by atoms with Crippen LogP contribution in [0.3, 0.4) is 0 Å². The Morgan fingerprint density at radius 1 is 1.00 bits per heavy atom. The third-order valence-corrected chi connectivity index (χ3v) is 8.55. The number of thioether (sulfide) groups is 1. The molecule has 1 aromatic carbocycles. The zero-order chi connectivity index (χ0) is 16.1. The lowest BCUT2D eigenvalue weighted by Gasteiger charge is -2.55. The van der Waals surface area contributed by atoms with Gasteiger partial charge in [-0.1, -0.05) is 35.2 Å². The highest BCUT2D eigenvalue weighted by Gasteiger charge is 2.53. The molecule has 126 valence electrons. The van der Waals surface area contributed by atoms with Crippen LogP contribution in [0.2, 0.25) is 0 Å². The first kappa shape index (κ1) is 15.3. The van der Waals surface area contributed by atoms with Crippen molar-refractivity contribution in [2.75, 3.05) is 0 Å². The van der Waals surface area contributed by atoms with E-state index < -0.39 is 0 Å². The molecule has 0 N–H and O–H groups in total. The van der Waals surface area contributed by atoms with Gasteiger partial charge in [0, 0.05) is 11.2 Å². The Bertz CT molecular complexity index is 705. The van der Waals surface area contributed by atoms with E-state index in [-0.39, 0.29) is 5.82 Å². The fourth-order valence-electron chi connectivity index (χ4n) is 5.58. The maximum absolute atomic E-state index is 13.0. The van der Waals surface area contributed by atoms with E-state index in [9.17, 15) is 4.39 Å². The molecule has 0 radical (unpaired) electrons. The van der Waals surface area contributed by atoms with Crippen molar-refractivity contribution in [3.05, 3.63) is 40.7 Å². The van der Waals surface area contributed by atoms with Gasteiger partial charge in [-0.2, -0.15) is 0 Å². The van der Waals surface area contributed by atoms with Crippen LogP contribution in [0.1, 0.15) is 49.1 Å². The third-order valence-electron chi connectivity index (χ3n) is 6.17. The number of hydrogen-bond donors (Lipinski definition) is 0. The Hall–Kier alpha value is -0.940. The van der Waals surface area contributed by atoms with Crippen molar-refractivity contribution in [3.63, 3.8) is 0 Å². The van der Waals surface area contributed by atoms with Crippen LogP contribution in [0.25, 0.3) is 0 Å². The molecule has 4 aliphatic carbocycles. The van der Waals surface area contributed by atoms with Gasteiger partial charge in [0.05, 0.1) is 0 Å². The molecule has 1 heterocycles. The number of rotatable bonds is 4. The second kappa shape index (κ2) is 5.80. The lowest BCUT2D eigenvalue weighted by molar-refractivity contribution is -0.00556. The molecule has 0 unspecified atom stereocenters. The Morgan fingerprint density at radius 2 is 1.62 bits per heavy atom. The van der Waals surface area contributed by atoms with Crippen LogP contribution >= 0.6 is 23.1 Å². The Morgan fingerprint density at radius 3 is 2.25 bits per heavy atom. The van der Waals surface area contributed by atoms with Crippen LogP contribution in [0, 0.1) is 23.6 Å². The van der Waals surface area contributed by atoms with Crippen LogP contribution in [0.4, 0.5) is 4.39 Å². The fourth-order valence-corrected chi connectivity index (χ4v) is 7.61. The zero-order valence-corrected chi connectivity index (χ0v) is 15.2. The molecule has 4 bridgehead atoms. The van der Waals surface area contributed by atoms with E-state index >= 15 is 0 Å². The quantitative estimate of drug-likeness (QED) is 0.679. The molecule has 5 heteroatoms. The van der Waals surface area contributed by atoms with E-state index in [0.29, 0.717) is 5.41 Å². The van der Waals surface area contributed by atoms with E-state index in [4.69, 9.17) is 0 Å². The van der Waals surface area contributed by atoms with Gasteiger partial charge in [0.15, 0.2) is 4.34 Å². The van der Waals surface area contributed by atoms with Crippen molar-refractivity contribution < 1.29 is 4.39 Å². The minimum absolute atomic E-state index is 0.177. The van der Waals surface area contributed by atoms with Gasteiger partial charge in [0.1, 0.15) is 10.8 Å². The summed E-state index contributed by atoms with van der Waals surface area (Å²) in [5.74, 6) is 3.47. The Kier molecular flexibility index (Phi) is 3.71. The van der Waals surface area contributed by atoms with Gasteiger partial charge in [0.2, 0.25) is 0 Å². The van der Waals surface area contributed by atoms with Crippen molar-refractivity contribution in [1.82, 2.24) is 10.2 Å². The average molecular weight is 361 g/mol. The number of aromatic nitrogens is 2. The summed E-state index contributed by atoms with van der Waals surface area (Å²) in [6.07, 6.45) is 8.42. The second-order valence-electron chi connectivity index (χ2n) is 7.99. The number of benzene rings is 1. The minimum atomic E-state index is -0.177. The van der Waals surface area contributed by atoms with Gasteiger partial charge >= 0.3 is 0 Å². The molecular weight excluding hydrogens is 339 g/mol. The van der Waals surface area contributed by atoms with Crippen LogP contribution < -0.4 is 0 Å². The lowest BCUT2D eigenvalue weighted by Crippen LogP contribution is -2.48. The van der Waals surface area contributed by atoms with Gasteiger partial charge in [-0.15, -0.1) is 10.2 Å². The SMILES string of the molecule is Fc1ccc(CSc2nnc(C34CC5CC(CC(C5)C3)C4)s2)cc1. The molecule has 0 saturated heterocycles. The number of hydrogen-bond acceptors (Lipinski definition) is 4. The van der Waals surface area contributed by atoms with Gasteiger partial charge in [-0.05, 0) is 74.0 Å². The second-order valence-corrected chi connectivity index (χ2v) is 10.2. The van der Waals surface area contributed by atoms with Crippen LogP contribution in [0.15, 0.2) is 28.6 Å². The maximum Gasteiger partial charge on any atom is 0.174 e. The molecule has 0 atom stereocenters. The van der Waals surface area contributed by atoms with E-state index in [1.165, 1.54) is 55.7 Å². The maximum atomic E-state index is 13.0. The molecule has 0 aliphatic heterocycles. The van der Waals surface area contributed by atoms with Crippen LogP contribution in [0.5, 0.6) is 0 Å². The zero-order valence-electron chi connectivity index (χ0n) is 13.6. The summed E-state index contributed by atoms with van der Waals surface area (Å²) in [4.78, 5) is 0. The molecule has 4 fully saturated rings. The predicted octanol–water partition coefficient (Wildman–Crippen LogP) is 5.44. The highest BCUT2D eigenvalue weighted by atomic mass is 32.2. The Labute approximate surface area is 150 Å². The molecule has 4 aliphatic rings. The summed E-state index contributed by atoms with van der Waals surface area (Å²) in [5, 5.41) is 10.4. The molecule has 2 aromatic rings. The standard InChI is InChI=1S/C19H21FN2S2/c20-16-3-1-12(2-4-16)11-23-18-22-21-17(24-18)19-8-13-5-14(9-19)7-15(6-13)10-19/h1-4,13-15H,5-11H2. The van der Waals surface area contributed by atoms with Crippen molar-refractivity contribution in [3.8, 4) is 0 Å². The molecule has 6 rings (SSSR count). The molecule has 24 heavy (non-hydrogen) atoms. The topological polar surface area (TPSA) is 25.8 Å². The number of nitrogens with zero attached hydrogens (tertiary/aromatic N) is 2. The van der Waals surface area contributed by atoms with Crippen molar-refractivity contribution in [2.24, 2.45) is 17.8 Å². The highest BCUT2D eigenvalue weighted by molar-refractivity contribution is 8.00. The predicted molar refractivity (Wildman–Crippen MR) is 95.7 cm³/mol. The summed E-state index contributed by atoms with van der Waals surface area (Å²) >= 11 is 3.54. The highest BCUT2D eigenvalue weighted by Crippen LogP contribution is 2.61.